The highest BCUT2D eigenvalue weighted by Gasteiger charge is 2.23. The predicted octanol–water partition coefficient (Wildman–Crippen LogP) is 0.122. The molecule has 0 heterocycles. The van der Waals surface area contributed by atoms with Crippen LogP contribution in [0.3, 0.4) is 0 Å². The van der Waals surface area contributed by atoms with Gasteiger partial charge in [-0.1, -0.05) is 13.3 Å². The molecule has 1 atom stereocenters. The van der Waals surface area contributed by atoms with Gasteiger partial charge in [-0.3, -0.25) is 0 Å². The minimum absolute atomic E-state index is 0.287. The summed E-state index contributed by atoms with van der Waals surface area (Å²) < 4.78 is 24.5. The first kappa shape index (κ1) is 11.9. The Hall–Kier alpha value is -1.11. The van der Waals surface area contributed by atoms with Crippen LogP contribution in [0.25, 0.3) is 0 Å². The van der Waals surface area contributed by atoms with Crippen LogP contribution in [0.15, 0.2) is 0 Å². The first-order chi connectivity index (χ1) is 6.08. The fourth-order valence-electron chi connectivity index (χ4n) is 0.785. The Kier molecular flexibility index (Phi) is 5.05. The van der Waals surface area contributed by atoms with Crippen molar-refractivity contribution in [1.29, 1.82) is 10.5 Å². The van der Waals surface area contributed by atoms with Crippen molar-refractivity contribution in [2.45, 2.75) is 25.0 Å². The number of sulfonamides is 1. The maximum atomic E-state index is 11.2. The van der Waals surface area contributed by atoms with E-state index in [1.165, 1.54) is 0 Å². The lowest BCUT2D eigenvalue weighted by atomic mass is 10.3. The third-order valence-electron chi connectivity index (χ3n) is 1.42. The van der Waals surface area contributed by atoms with Gasteiger partial charge in [0.05, 0.1) is 18.7 Å². The van der Waals surface area contributed by atoms with E-state index in [1.54, 1.807) is 19.1 Å². The number of nitriles is 2. The fourth-order valence-corrected chi connectivity index (χ4v) is 1.94. The van der Waals surface area contributed by atoms with Gasteiger partial charge >= 0.3 is 0 Å². The molecule has 0 aliphatic carbocycles. The van der Waals surface area contributed by atoms with Crippen molar-refractivity contribution < 1.29 is 8.42 Å². The van der Waals surface area contributed by atoms with Gasteiger partial charge in [-0.2, -0.15) is 15.2 Å². The summed E-state index contributed by atoms with van der Waals surface area (Å²) in [5, 5.41) is 15.6. The van der Waals surface area contributed by atoms with Crippen molar-refractivity contribution in [3.63, 3.8) is 0 Å². The Morgan fingerprint density at radius 3 is 2.46 bits per heavy atom. The van der Waals surface area contributed by atoms with Gasteiger partial charge in [-0.25, -0.2) is 8.42 Å². The summed E-state index contributed by atoms with van der Waals surface area (Å²) in [5.74, 6) is 0. The van der Waals surface area contributed by atoms with Crippen LogP contribution >= 0.6 is 0 Å². The summed E-state index contributed by atoms with van der Waals surface area (Å²) in [7, 11) is -3.63. The molecule has 6 heteroatoms. The summed E-state index contributed by atoms with van der Waals surface area (Å²) in [4.78, 5) is 0. The quantitative estimate of drug-likeness (QED) is 0.639. The first-order valence-electron chi connectivity index (χ1n) is 3.83. The minimum atomic E-state index is -3.63. The molecule has 0 amide bonds. The average Bonchev–Trinajstić information content (AvgIpc) is 2.10. The van der Waals surface area contributed by atoms with E-state index >= 15 is 0 Å². The number of rotatable bonds is 5. The van der Waals surface area contributed by atoms with Crippen LogP contribution in [0, 0.1) is 22.7 Å². The molecule has 13 heavy (non-hydrogen) atoms. The lowest BCUT2D eigenvalue weighted by Crippen LogP contribution is -2.33. The van der Waals surface area contributed by atoms with E-state index in [1.807, 2.05) is 4.72 Å². The molecule has 0 fully saturated rings. The van der Waals surface area contributed by atoms with E-state index in [9.17, 15) is 8.42 Å². The van der Waals surface area contributed by atoms with Crippen LogP contribution < -0.4 is 4.72 Å². The molecule has 0 radical (unpaired) electrons. The molecule has 72 valence electrons. The fraction of sp³-hybridized carbons (Fsp3) is 0.714. The molecule has 0 aliphatic rings. The van der Waals surface area contributed by atoms with Crippen LogP contribution in [0.5, 0.6) is 0 Å². The highest BCUT2D eigenvalue weighted by Crippen LogP contribution is 2.05. The highest BCUT2D eigenvalue weighted by atomic mass is 32.2. The molecular formula is C7H11N3O2S. The minimum Gasteiger partial charge on any atom is -0.211 e. The normalized spacial score (nSPS) is 12.8. The Balaban J connectivity index is 4.44. The standard InChI is InChI=1S/C7H11N3O2S/c1-2-3-7(6-9)13(11,12)10-5-4-8/h7,10H,2-3,5H2,1H3. The molecule has 0 aromatic rings. The van der Waals surface area contributed by atoms with E-state index in [-0.39, 0.29) is 13.0 Å². The lowest BCUT2D eigenvalue weighted by molar-refractivity contribution is 0.573. The Morgan fingerprint density at radius 2 is 2.08 bits per heavy atom. The van der Waals surface area contributed by atoms with Crippen molar-refractivity contribution in [3.8, 4) is 12.1 Å². The summed E-state index contributed by atoms with van der Waals surface area (Å²) in [6, 6.07) is 3.34. The van der Waals surface area contributed by atoms with Gasteiger partial charge in [-0.05, 0) is 6.42 Å². The molecule has 0 aromatic carbocycles. The van der Waals surface area contributed by atoms with Crippen molar-refractivity contribution in [2.24, 2.45) is 0 Å². The van der Waals surface area contributed by atoms with Gasteiger partial charge in [0.25, 0.3) is 0 Å². The topological polar surface area (TPSA) is 93.8 Å². The number of nitrogens with zero attached hydrogens (tertiary/aromatic N) is 2. The summed E-state index contributed by atoms with van der Waals surface area (Å²) in [5.41, 5.74) is 0. The zero-order valence-electron chi connectivity index (χ0n) is 7.32. The molecule has 0 saturated heterocycles. The second kappa shape index (κ2) is 5.52. The molecule has 0 aromatic heterocycles. The Labute approximate surface area is 78.0 Å². The van der Waals surface area contributed by atoms with Crippen LogP contribution in [0.2, 0.25) is 0 Å². The molecule has 0 rings (SSSR count). The second-order valence-electron chi connectivity index (χ2n) is 2.43. The molecule has 0 aliphatic heterocycles. The van der Waals surface area contributed by atoms with Gasteiger partial charge in [0.1, 0.15) is 0 Å². The Morgan fingerprint density at radius 1 is 1.46 bits per heavy atom. The largest absolute Gasteiger partial charge is 0.228 e. The van der Waals surface area contributed by atoms with Crippen molar-refractivity contribution in [3.05, 3.63) is 0 Å². The number of hydrogen-bond donors (Lipinski definition) is 1. The van der Waals surface area contributed by atoms with Crippen LogP contribution in [-0.2, 0) is 10.0 Å². The smallest absolute Gasteiger partial charge is 0.211 e. The molecule has 5 nitrogen and oxygen atoms in total. The maximum absolute atomic E-state index is 11.2. The highest BCUT2D eigenvalue weighted by molar-refractivity contribution is 7.90. The molecule has 0 spiro atoms. The molecule has 1 unspecified atom stereocenters. The molecule has 0 bridgehead atoms. The summed E-state index contributed by atoms with van der Waals surface area (Å²) in [6.45, 7) is 1.51. The van der Waals surface area contributed by atoms with E-state index in [0.29, 0.717) is 6.42 Å². The second-order valence-corrected chi connectivity index (χ2v) is 4.38. The zero-order chi connectivity index (χ0) is 10.3. The van der Waals surface area contributed by atoms with E-state index in [0.717, 1.165) is 0 Å². The van der Waals surface area contributed by atoms with E-state index in [4.69, 9.17) is 10.5 Å². The molecule has 0 saturated carbocycles. The van der Waals surface area contributed by atoms with Crippen molar-refractivity contribution >= 4 is 10.0 Å². The van der Waals surface area contributed by atoms with Crippen LogP contribution in [-0.4, -0.2) is 20.2 Å². The van der Waals surface area contributed by atoms with Crippen molar-refractivity contribution in [1.82, 2.24) is 4.72 Å². The van der Waals surface area contributed by atoms with Gasteiger partial charge < -0.3 is 0 Å². The number of hydrogen-bond acceptors (Lipinski definition) is 4. The van der Waals surface area contributed by atoms with E-state index < -0.39 is 15.3 Å². The third-order valence-corrected chi connectivity index (χ3v) is 3.06. The lowest BCUT2D eigenvalue weighted by Gasteiger charge is -2.07. The SMILES string of the molecule is CCCC(C#N)S(=O)(=O)NCC#N. The van der Waals surface area contributed by atoms with Crippen molar-refractivity contribution in [2.75, 3.05) is 6.54 Å². The zero-order valence-corrected chi connectivity index (χ0v) is 8.13. The average molecular weight is 201 g/mol. The van der Waals surface area contributed by atoms with E-state index in [2.05, 4.69) is 0 Å². The Bertz CT molecular complexity index is 323. The van der Waals surface area contributed by atoms with Gasteiger partial charge in [0.15, 0.2) is 5.25 Å². The van der Waals surface area contributed by atoms with Gasteiger partial charge in [0.2, 0.25) is 10.0 Å². The number of nitrogens with one attached hydrogen (secondary N) is 1. The molecule has 1 N–H and O–H groups in total. The van der Waals surface area contributed by atoms with Crippen LogP contribution in [0.1, 0.15) is 19.8 Å². The van der Waals surface area contributed by atoms with Gasteiger partial charge in [0, 0.05) is 0 Å². The van der Waals surface area contributed by atoms with Gasteiger partial charge in [-0.15, -0.1) is 0 Å². The summed E-state index contributed by atoms with van der Waals surface area (Å²) in [6.07, 6.45) is 0.906. The molecular weight excluding hydrogens is 190 g/mol. The monoisotopic (exact) mass is 201 g/mol. The third kappa shape index (κ3) is 3.88. The summed E-state index contributed by atoms with van der Waals surface area (Å²) >= 11 is 0. The first-order valence-corrected chi connectivity index (χ1v) is 5.38. The van der Waals surface area contributed by atoms with Crippen LogP contribution in [0.4, 0.5) is 0 Å². The maximum Gasteiger partial charge on any atom is 0.228 e. The predicted molar refractivity (Wildman–Crippen MR) is 46.8 cm³/mol.